The number of carbonyl (C=O) groups excluding carboxylic acids is 1. The lowest BCUT2D eigenvalue weighted by atomic mass is 9.48. The highest BCUT2D eigenvalue weighted by Crippen LogP contribution is 2.60. The summed E-state index contributed by atoms with van der Waals surface area (Å²) < 4.78 is 0. The molecule has 0 saturated heterocycles. The summed E-state index contributed by atoms with van der Waals surface area (Å²) in [6.45, 7) is 0. The minimum absolute atomic E-state index is 0.0197. The van der Waals surface area contributed by atoms with Crippen LogP contribution in [0.5, 0.6) is 0 Å². The number of thioether (sulfide) groups is 1. The van der Waals surface area contributed by atoms with Crippen molar-refractivity contribution in [1.82, 2.24) is 15.2 Å². The summed E-state index contributed by atoms with van der Waals surface area (Å²) in [5, 5.41) is 7.89. The molecule has 0 atom stereocenters. The third-order valence-electron chi connectivity index (χ3n) is 6.68. The van der Waals surface area contributed by atoms with Crippen LogP contribution < -0.4 is 0 Å². The predicted octanol–water partition coefficient (Wildman–Crippen LogP) is 4.85. The van der Waals surface area contributed by atoms with E-state index in [4.69, 9.17) is 0 Å². The first-order chi connectivity index (χ1) is 13.2. The van der Waals surface area contributed by atoms with E-state index >= 15 is 0 Å². The van der Waals surface area contributed by atoms with Crippen LogP contribution in [0.4, 0.5) is 0 Å². The molecule has 5 heteroatoms. The minimum atomic E-state index is -0.0197. The molecule has 4 fully saturated rings. The van der Waals surface area contributed by atoms with Gasteiger partial charge in [0.2, 0.25) is 5.16 Å². The molecule has 4 nitrogen and oxygen atoms in total. The van der Waals surface area contributed by atoms with Crippen molar-refractivity contribution in [3.8, 4) is 0 Å². The van der Waals surface area contributed by atoms with Gasteiger partial charge in [0.1, 0.15) is 11.6 Å². The molecule has 27 heavy (non-hydrogen) atoms. The van der Waals surface area contributed by atoms with Gasteiger partial charge in [-0.1, -0.05) is 48.2 Å². The summed E-state index contributed by atoms with van der Waals surface area (Å²) in [4.78, 5) is 17.6. The van der Waals surface area contributed by atoms with Crippen LogP contribution in [0.1, 0.15) is 49.9 Å². The maximum Gasteiger partial charge on any atom is 0.209 e. The van der Waals surface area contributed by atoms with Gasteiger partial charge in [0, 0.05) is 5.41 Å². The molecule has 2 aromatic rings. The van der Waals surface area contributed by atoms with Crippen molar-refractivity contribution in [3.63, 3.8) is 0 Å². The van der Waals surface area contributed by atoms with E-state index in [2.05, 4.69) is 15.2 Å². The summed E-state index contributed by atoms with van der Waals surface area (Å²) in [6.07, 6.45) is 11.5. The average molecular weight is 380 g/mol. The van der Waals surface area contributed by atoms with Crippen molar-refractivity contribution in [2.45, 2.75) is 43.7 Å². The number of Topliss-reactive ketones (excluding diaryl/α,β-unsaturated/α-hetero) is 1. The number of aromatic amines is 1. The molecule has 0 spiro atoms. The Morgan fingerprint density at radius 2 is 1.74 bits per heavy atom. The Morgan fingerprint density at radius 3 is 2.41 bits per heavy atom. The van der Waals surface area contributed by atoms with Crippen LogP contribution in [-0.2, 0) is 4.79 Å². The Hall–Kier alpha value is -1.88. The molecular weight excluding hydrogens is 354 g/mol. The summed E-state index contributed by atoms with van der Waals surface area (Å²) in [7, 11) is 0. The zero-order valence-corrected chi connectivity index (χ0v) is 16.3. The molecule has 4 bridgehead atoms. The molecular formula is C22H25N3OS. The lowest BCUT2D eigenvalue weighted by Crippen LogP contribution is -2.50. The van der Waals surface area contributed by atoms with Gasteiger partial charge in [0.15, 0.2) is 0 Å². The zero-order chi connectivity index (χ0) is 18.3. The van der Waals surface area contributed by atoms with E-state index in [-0.39, 0.29) is 5.41 Å². The van der Waals surface area contributed by atoms with Crippen molar-refractivity contribution in [1.29, 1.82) is 0 Å². The second-order valence-corrected chi connectivity index (χ2v) is 9.60. The van der Waals surface area contributed by atoms with Gasteiger partial charge >= 0.3 is 0 Å². The largest absolute Gasteiger partial charge is 0.298 e. The third kappa shape index (κ3) is 3.49. The zero-order valence-electron chi connectivity index (χ0n) is 15.4. The highest BCUT2D eigenvalue weighted by molar-refractivity contribution is 7.99. The molecule has 1 aromatic heterocycles. The van der Waals surface area contributed by atoms with E-state index in [0.717, 1.165) is 48.4 Å². The number of nitrogens with zero attached hydrogens (tertiary/aromatic N) is 2. The minimum Gasteiger partial charge on any atom is -0.298 e. The Bertz CT molecular complexity index is 822. The van der Waals surface area contributed by atoms with Gasteiger partial charge in [-0.15, -0.1) is 5.10 Å². The second-order valence-electron chi connectivity index (χ2n) is 8.66. The maximum absolute atomic E-state index is 13.1. The van der Waals surface area contributed by atoms with E-state index in [1.165, 1.54) is 31.0 Å². The van der Waals surface area contributed by atoms with E-state index in [1.54, 1.807) is 0 Å². The van der Waals surface area contributed by atoms with E-state index < -0.39 is 0 Å². The van der Waals surface area contributed by atoms with Crippen molar-refractivity contribution >= 4 is 29.7 Å². The lowest BCUT2D eigenvalue weighted by molar-refractivity contribution is -0.141. The fourth-order valence-electron chi connectivity index (χ4n) is 5.87. The maximum atomic E-state index is 13.1. The number of H-pyrrole nitrogens is 1. The van der Waals surface area contributed by atoms with Crippen molar-refractivity contribution in [3.05, 3.63) is 41.7 Å². The van der Waals surface area contributed by atoms with E-state index in [9.17, 15) is 4.79 Å². The summed E-state index contributed by atoms with van der Waals surface area (Å²) in [5.41, 5.74) is 1.11. The molecule has 1 aromatic carbocycles. The van der Waals surface area contributed by atoms with Crippen LogP contribution in [0.3, 0.4) is 0 Å². The number of hydrogen-bond acceptors (Lipinski definition) is 4. The number of carbonyl (C=O) groups is 1. The first-order valence-corrected chi connectivity index (χ1v) is 11.0. The Kier molecular flexibility index (Phi) is 4.43. The van der Waals surface area contributed by atoms with Crippen molar-refractivity contribution in [2.24, 2.45) is 23.2 Å². The number of benzene rings is 1. The molecule has 0 radical (unpaired) electrons. The van der Waals surface area contributed by atoms with Crippen LogP contribution in [0, 0.1) is 23.2 Å². The van der Waals surface area contributed by atoms with Gasteiger partial charge in [0.25, 0.3) is 0 Å². The molecule has 6 rings (SSSR count). The van der Waals surface area contributed by atoms with Crippen LogP contribution in [-0.4, -0.2) is 26.7 Å². The van der Waals surface area contributed by atoms with Gasteiger partial charge in [-0.25, -0.2) is 4.98 Å². The van der Waals surface area contributed by atoms with Crippen molar-refractivity contribution < 1.29 is 4.79 Å². The number of ketones is 1. The normalized spacial score (nSPS) is 31.6. The molecule has 0 unspecified atom stereocenters. The molecule has 4 saturated carbocycles. The Balaban J connectivity index is 1.20. The average Bonchev–Trinajstić information content (AvgIpc) is 3.12. The lowest BCUT2D eigenvalue weighted by Gasteiger charge is -2.56. The van der Waals surface area contributed by atoms with Crippen LogP contribution in [0.15, 0.2) is 35.5 Å². The molecule has 1 N–H and O–H groups in total. The number of nitrogens with one attached hydrogen (secondary N) is 1. The topological polar surface area (TPSA) is 58.6 Å². The highest BCUT2D eigenvalue weighted by atomic mass is 32.2. The third-order valence-corrected chi connectivity index (χ3v) is 7.52. The first kappa shape index (κ1) is 17.2. The fraction of sp³-hybridized carbons (Fsp3) is 0.500. The van der Waals surface area contributed by atoms with E-state index in [1.807, 2.05) is 42.5 Å². The molecule has 0 amide bonds. The standard InChI is InChI=1S/C22H25N3OS/c26-19(22-11-16-8-17(12-22)10-18(9-16)13-22)14-27-21-23-20(24-25-21)7-6-15-4-2-1-3-5-15/h1-7,16-18H,8-14H2,(H,23,24,25)/b7-6+. The number of rotatable bonds is 6. The van der Waals surface area contributed by atoms with Crippen LogP contribution >= 0.6 is 11.8 Å². The molecule has 1 heterocycles. The summed E-state index contributed by atoms with van der Waals surface area (Å²) in [5.74, 6) is 4.10. The van der Waals surface area contributed by atoms with Gasteiger partial charge in [-0.05, 0) is 67.9 Å². The number of aromatic nitrogens is 3. The van der Waals surface area contributed by atoms with Gasteiger partial charge in [0.05, 0.1) is 5.75 Å². The smallest absolute Gasteiger partial charge is 0.209 e. The first-order valence-electron chi connectivity index (χ1n) is 10.0. The monoisotopic (exact) mass is 379 g/mol. The van der Waals surface area contributed by atoms with Crippen molar-refractivity contribution in [2.75, 3.05) is 5.75 Å². The van der Waals surface area contributed by atoms with Crippen LogP contribution in [0.25, 0.3) is 12.2 Å². The number of hydrogen-bond donors (Lipinski definition) is 1. The van der Waals surface area contributed by atoms with Gasteiger partial charge in [-0.3, -0.25) is 9.89 Å². The molecule has 4 aliphatic rings. The predicted molar refractivity (Wildman–Crippen MR) is 108 cm³/mol. The molecule has 0 aliphatic heterocycles. The highest BCUT2D eigenvalue weighted by Gasteiger charge is 2.54. The summed E-state index contributed by atoms with van der Waals surface area (Å²) in [6, 6.07) is 10.1. The second kappa shape index (κ2) is 6.93. The summed E-state index contributed by atoms with van der Waals surface area (Å²) >= 11 is 1.48. The Labute approximate surface area is 164 Å². The van der Waals surface area contributed by atoms with Gasteiger partial charge in [-0.2, -0.15) is 0 Å². The molecule has 4 aliphatic carbocycles. The quantitative estimate of drug-likeness (QED) is 0.729. The molecule has 140 valence electrons. The SMILES string of the molecule is O=C(CSc1n[nH]c(/C=C/c2ccccc2)n1)C12CC3CC(CC(C3)C1)C2. The fourth-order valence-corrected chi connectivity index (χ4v) is 6.71. The van der Waals surface area contributed by atoms with Crippen LogP contribution in [0.2, 0.25) is 0 Å². The van der Waals surface area contributed by atoms with E-state index in [0.29, 0.717) is 16.7 Å². The Morgan fingerprint density at radius 1 is 1.07 bits per heavy atom. The van der Waals surface area contributed by atoms with Gasteiger partial charge < -0.3 is 0 Å².